The van der Waals surface area contributed by atoms with Crippen molar-refractivity contribution in [2.75, 3.05) is 13.2 Å². The molecule has 5 heteroatoms. The highest BCUT2D eigenvalue weighted by atomic mass is 16.5. The summed E-state index contributed by atoms with van der Waals surface area (Å²) in [6.07, 6.45) is 9.56. The van der Waals surface area contributed by atoms with Crippen LogP contribution < -0.4 is 0 Å². The third-order valence-corrected chi connectivity index (χ3v) is 6.10. The molecular formula is C24H28N4O. The van der Waals surface area contributed by atoms with Crippen molar-refractivity contribution in [3.63, 3.8) is 0 Å². The number of ether oxygens (including phenoxy) is 1. The lowest BCUT2D eigenvalue weighted by Crippen LogP contribution is -2.16. The van der Waals surface area contributed by atoms with E-state index in [0.29, 0.717) is 6.42 Å². The van der Waals surface area contributed by atoms with E-state index < -0.39 is 0 Å². The van der Waals surface area contributed by atoms with Crippen molar-refractivity contribution in [3.8, 4) is 17.5 Å². The number of imidazole rings is 1. The van der Waals surface area contributed by atoms with Crippen molar-refractivity contribution < 1.29 is 4.74 Å². The van der Waals surface area contributed by atoms with Crippen molar-refractivity contribution in [1.82, 2.24) is 14.5 Å². The average molecular weight is 389 g/mol. The summed E-state index contributed by atoms with van der Waals surface area (Å²) in [6, 6.07) is 8.95. The standard InChI is InChI=1S/C24H28N4O/c1-17-12-22-21(13-19(17)4-3-9-25)20(6-5-18-7-10-29-11-8-18)14-23(27-22)24-15-26-16-28(24)2/h12-16,18H,3-8,10-11H2,1-2H3. The molecule has 1 aliphatic rings. The fourth-order valence-corrected chi connectivity index (χ4v) is 4.29. The van der Waals surface area contributed by atoms with Crippen LogP contribution in [-0.2, 0) is 24.6 Å². The van der Waals surface area contributed by atoms with Gasteiger partial charge in [-0.1, -0.05) is 0 Å². The fraction of sp³-hybridized carbons (Fsp3) is 0.458. The van der Waals surface area contributed by atoms with Gasteiger partial charge in [0.15, 0.2) is 0 Å². The number of nitriles is 1. The molecule has 2 aromatic heterocycles. The van der Waals surface area contributed by atoms with Gasteiger partial charge in [-0.2, -0.15) is 5.26 Å². The average Bonchev–Trinajstić information content (AvgIpc) is 3.17. The molecule has 1 saturated heterocycles. The Balaban J connectivity index is 1.75. The minimum atomic E-state index is 0.546. The molecule has 0 radical (unpaired) electrons. The third-order valence-electron chi connectivity index (χ3n) is 6.10. The van der Waals surface area contributed by atoms with Gasteiger partial charge in [0.05, 0.1) is 35.5 Å². The van der Waals surface area contributed by atoms with E-state index in [1.54, 1.807) is 0 Å². The second-order valence-electron chi connectivity index (χ2n) is 8.10. The maximum absolute atomic E-state index is 9.00. The number of pyridine rings is 1. The van der Waals surface area contributed by atoms with Gasteiger partial charge >= 0.3 is 0 Å². The van der Waals surface area contributed by atoms with Crippen LogP contribution in [0.1, 0.15) is 42.4 Å². The number of nitrogens with zero attached hydrogens (tertiary/aromatic N) is 4. The number of aryl methyl sites for hydroxylation is 4. The molecule has 4 rings (SSSR count). The number of hydrogen-bond acceptors (Lipinski definition) is 4. The largest absolute Gasteiger partial charge is 0.381 e. The molecule has 1 aromatic carbocycles. The zero-order chi connectivity index (χ0) is 20.2. The molecule has 5 nitrogen and oxygen atoms in total. The van der Waals surface area contributed by atoms with Gasteiger partial charge < -0.3 is 9.30 Å². The van der Waals surface area contributed by atoms with E-state index in [1.807, 2.05) is 24.1 Å². The van der Waals surface area contributed by atoms with Gasteiger partial charge in [0.25, 0.3) is 0 Å². The molecule has 1 fully saturated rings. The van der Waals surface area contributed by atoms with Crippen molar-refractivity contribution in [1.29, 1.82) is 5.26 Å². The Kier molecular flexibility index (Phi) is 5.92. The summed E-state index contributed by atoms with van der Waals surface area (Å²) >= 11 is 0. The van der Waals surface area contributed by atoms with E-state index in [-0.39, 0.29) is 0 Å². The highest BCUT2D eigenvalue weighted by Crippen LogP contribution is 2.30. The van der Waals surface area contributed by atoms with Gasteiger partial charge in [-0.25, -0.2) is 9.97 Å². The first-order valence-electron chi connectivity index (χ1n) is 10.5. The van der Waals surface area contributed by atoms with E-state index in [0.717, 1.165) is 61.7 Å². The molecule has 0 N–H and O–H groups in total. The van der Waals surface area contributed by atoms with E-state index in [4.69, 9.17) is 15.0 Å². The molecule has 0 unspecified atom stereocenters. The number of rotatable bonds is 6. The Morgan fingerprint density at radius 2 is 2.00 bits per heavy atom. The van der Waals surface area contributed by atoms with Gasteiger partial charge in [-0.3, -0.25) is 0 Å². The minimum absolute atomic E-state index is 0.546. The Morgan fingerprint density at radius 1 is 1.17 bits per heavy atom. The van der Waals surface area contributed by atoms with Gasteiger partial charge in [0.1, 0.15) is 0 Å². The molecule has 0 aliphatic carbocycles. The quantitative estimate of drug-likeness (QED) is 0.611. The monoisotopic (exact) mass is 388 g/mol. The highest BCUT2D eigenvalue weighted by molar-refractivity contribution is 5.86. The minimum Gasteiger partial charge on any atom is -0.381 e. The lowest BCUT2D eigenvalue weighted by Gasteiger charge is -2.22. The van der Waals surface area contributed by atoms with Crippen molar-refractivity contribution in [3.05, 3.63) is 47.4 Å². The van der Waals surface area contributed by atoms with Crippen LogP contribution in [0.4, 0.5) is 0 Å². The zero-order valence-corrected chi connectivity index (χ0v) is 17.3. The van der Waals surface area contributed by atoms with Gasteiger partial charge in [0, 0.05) is 32.1 Å². The maximum Gasteiger partial charge on any atom is 0.0948 e. The number of aromatic nitrogens is 3. The predicted octanol–water partition coefficient (Wildman–Crippen LogP) is 4.76. The highest BCUT2D eigenvalue weighted by Gasteiger charge is 2.16. The SMILES string of the molecule is Cc1cc2nc(-c3cncn3C)cc(CCC3CCOCC3)c2cc1CCC#N. The normalized spacial score (nSPS) is 14.9. The summed E-state index contributed by atoms with van der Waals surface area (Å²) in [5, 5.41) is 10.2. The summed E-state index contributed by atoms with van der Waals surface area (Å²) in [4.78, 5) is 9.24. The van der Waals surface area contributed by atoms with Crippen molar-refractivity contribution in [2.45, 2.75) is 45.4 Å². The molecule has 1 aliphatic heterocycles. The zero-order valence-electron chi connectivity index (χ0n) is 17.3. The Bertz CT molecular complexity index is 1040. The molecule has 3 aromatic rings. The molecule has 0 atom stereocenters. The smallest absolute Gasteiger partial charge is 0.0948 e. The lowest BCUT2D eigenvalue weighted by molar-refractivity contribution is 0.0640. The van der Waals surface area contributed by atoms with E-state index in [9.17, 15) is 0 Å². The Labute approximate surface area is 172 Å². The first-order valence-corrected chi connectivity index (χ1v) is 10.5. The third kappa shape index (κ3) is 4.33. The first kappa shape index (κ1) is 19.6. The molecular weight excluding hydrogens is 360 g/mol. The van der Waals surface area contributed by atoms with E-state index in [2.05, 4.69) is 36.2 Å². The molecule has 3 heterocycles. The fourth-order valence-electron chi connectivity index (χ4n) is 4.29. The summed E-state index contributed by atoms with van der Waals surface area (Å²) in [7, 11) is 2.01. The molecule has 0 saturated carbocycles. The van der Waals surface area contributed by atoms with Crippen LogP contribution in [0.2, 0.25) is 0 Å². The second kappa shape index (κ2) is 8.75. The topological polar surface area (TPSA) is 63.7 Å². The number of benzene rings is 1. The van der Waals surface area contributed by atoms with Crippen LogP contribution in [0, 0.1) is 24.2 Å². The molecule has 0 amide bonds. The van der Waals surface area contributed by atoms with Gasteiger partial charge in [0.2, 0.25) is 0 Å². The van der Waals surface area contributed by atoms with Crippen LogP contribution in [0.15, 0.2) is 30.7 Å². The summed E-state index contributed by atoms with van der Waals surface area (Å²) in [5.41, 5.74) is 6.84. The van der Waals surface area contributed by atoms with Gasteiger partial charge in [-0.05, 0) is 79.8 Å². The Morgan fingerprint density at radius 3 is 2.72 bits per heavy atom. The second-order valence-corrected chi connectivity index (χ2v) is 8.10. The van der Waals surface area contributed by atoms with Crippen LogP contribution in [-0.4, -0.2) is 27.7 Å². The number of hydrogen-bond donors (Lipinski definition) is 0. The van der Waals surface area contributed by atoms with E-state index >= 15 is 0 Å². The number of fused-ring (bicyclic) bond motifs is 1. The molecule has 150 valence electrons. The first-order chi connectivity index (χ1) is 14.2. The van der Waals surface area contributed by atoms with Crippen LogP contribution in [0.3, 0.4) is 0 Å². The summed E-state index contributed by atoms with van der Waals surface area (Å²) in [5.74, 6) is 0.732. The lowest BCUT2D eigenvalue weighted by atomic mass is 9.90. The van der Waals surface area contributed by atoms with Crippen LogP contribution in [0.5, 0.6) is 0 Å². The van der Waals surface area contributed by atoms with Gasteiger partial charge in [-0.15, -0.1) is 0 Å². The van der Waals surface area contributed by atoms with Crippen molar-refractivity contribution >= 4 is 10.9 Å². The maximum atomic E-state index is 9.00. The Hall–Kier alpha value is -2.71. The van der Waals surface area contributed by atoms with Crippen LogP contribution in [0.25, 0.3) is 22.3 Å². The molecule has 0 bridgehead atoms. The van der Waals surface area contributed by atoms with Crippen molar-refractivity contribution in [2.24, 2.45) is 13.0 Å². The molecule has 0 spiro atoms. The summed E-state index contributed by atoms with van der Waals surface area (Å²) in [6.45, 7) is 3.89. The van der Waals surface area contributed by atoms with Crippen LogP contribution >= 0.6 is 0 Å². The molecule has 29 heavy (non-hydrogen) atoms. The van der Waals surface area contributed by atoms with E-state index in [1.165, 1.54) is 28.5 Å². The predicted molar refractivity (Wildman–Crippen MR) is 114 cm³/mol. The summed E-state index contributed by atoms with van der Waals surface area (Å²) < 4.78 is 7.54.